The maximum Gasteiger partial charge on any atom is 0.279 e. The first kappa shape index (κ1) is 12.3. The Balaban J connectivity index is 1.97. The lowest BCUT2D eigenvalue weighted by Gasteiger charge is -2.41. The fraction of sp³-hybridized carbons (Fsp3) is 0.500. The van der Waals surface area contributed by atoms with E-state index in [2.05, 4.69) is 9.97 Å². The summed E-state index contributed by atoms with van der Waals surface area (Å²) in [5.74, 6) is 0. The number of hydrogen-bond donors (Lipinski definition) is 0. The standard InChI is InChI=1S/C14H17N3O2/c1-19-9-14(5-3-6-14)8-17-10-16-11-4-2-7-15-12(11)13(17)18/h2,4,7,10H,3,5-6,8-9H2,1H3. The van der Waals surface area contributed by atoms with Crippen molar-refractivity contribution in [3.8, 4) is 0 Å². The van der Waals surface area contributed by atoms with Crippen molar-refractivity contribution in [2.75, 3.05) is 13.7 Å². The van der Waals surface area contributed by atoms with Crippen LogP contribution in [0.25, 0.3) is 11.0 Å². The molecule has 0 aliphatic heterocycles. The predicted molar refractivity (Wildman–Crippen MR) is 72.0 cm³/mol. The van der Waals surface area contributed by atoms with Crippen molar-refractivity contribution in [3.63, 3.8) is 0 Å². The molecule has 5 nitrogen and oxygen atoms in total. The van der Waals surface area contributed by atoms with Crippen molar-refractivity contribution >= 4 is 11.0 Å². The summed E-state index contributed by atoms with van der Waals surface area (Å²) in [6.07, 6.45) is 6.67. The van der Waals surface area contributed by atoms with Gasteiger partial charge in [0, 0.05) is 25.3 Å². The van der Waals surface area contributed by atoms with Crippen LogP contribution in [0.3, 0.4) is 0 Å². The van der Waals surface area contributed by atoms with E-state index in [1.165, 1.54) is 6.42 Å². The second kappa shape index (κ2) is 4.74. The van der Waals surface area contributed by atoms with E-state index < -0.39 is 0 Å². The second-order valence-electron chi connectivity index (χ2n) is 5.34. The number of pyridine rings is 1. The van der Waals surface area contributed by atoms with Crippen LogP contribution in [0, 0.1) is 5.41 Å². The molecule has 5 heteroatoms. The topological polar surface area (TPSA) is 57.0 Å². The average Bonchev–Trinajstić information content (AvgIpc) is 2.39. The van der Waals surface area contributed by atoms with Crippen LogP contribution < -0.4 is 5.56 Å². The van der Waals surface area contributed by atoms with E-state index in [9.17, 15) is 4.79 Å². The zero-order chi connectivity index (χ0) is 13.3. The molecule has 3 rings (SSSR count). The monoisotopic (exact) mass is 259 g/mol. The Bertz CT molecular complexity index is 646. The van der Waals surface area contributed by atoms with E-state index in [0.29, 0.717) is 24.2 Å². The van der Waals surface area contributed by atoms with Gasteiger partial charge in [-0.2, -0.15) is 0 Å². The number of rotatable bonds is 4. The normalized spacial score (nSPS) is 17.3. The summed E-state index contributed by atoms with van der Waals surface area (Å²) in [5.41, 5.74) is 1.13. The highest BCUT2D eigenvalue weighted by Gasteiger charge is 2.37. The number of fused-ring (bicyclic) bond motifs is 1. The minimum Gasteiger partial charge on any atom is -0.384 e. The molecular weight excluding hydrogens is 242 g/mol. The highest BCUT2D eigenvalue weighted by atomic mass is 16.5. The SMILES string of the molecule is COCC1(Cn2cnc3cccnc3c2=O)CCC1. The molecule has 0 unspecified atom stereocenters. The minimum atomic E-state index is -0.0621. The molecule has 1 fully saturated rings. The van der Waals surface area contributed by atoms with Crippen LogP contribution >= 0.6 is 0 Å². The molecule has 0 atom stereocenters. The maximum atomic E-state index is 12.4. The smallest absolute Gasteiger partial charge is 0.279 e. The van der Waals surface area contributed by atoms with E-state index >= 15 is 0 Å². The van der Waals surface area contributed by atoms with Gasteiger partial charge in [-0.05, 0) is 25.0 Å². The summed E-state index contributed by atoms with van der Waals surface area (Å²) in [6.45, 7) is 1.36. The quantitative estimate of drug-likeness (QED) is 0.837. The van der Waals surface area contributed by atoms with Gasteiger partial charge in [0.2, 0.25) is 0 Å². The van der Waals surface area contributed by atoms with Crippen LogP contribution in [0.5, 0.6) is 0 Å². The molecule has 1 aliphatic carbocycles. The first-order chi connectivity index (χ1) is 9.24. The molecule has 0 amide bonds. The largest absolute Gasteiger partial charge is 0.384 e. The molecule has 19 heavy (non-hydrogen) atoms. The van der Waals surface area contributed by atoms with Crippen LogP contribution in [-0.2, 0) is 11.3 Å². The summed E-state index contributed by atoms with van der Waals surface area (Å²) in [7, 11) is 1.71. The molecule has 0 N–H and O–H groups in total. The molecular formula is C14H17N3O2. The fourth-order valence-electron chi connectivity index (χ4n) is 2.79. The van der Waals surface area contributed by atoms with Gasteiger partial charge in [0.05, 0.1) is 18.5 Å². The van der Waals surface area contributed by atoms with E-state index in [0.717, 1.165) is 12.8 Å². The Morgan fingerprint density at radius 2 is 2.26 bits per heavy atom. The first-order valence-electron chi connectivity index (χ1n) is 6.53. The van der Waals surface area contributed by atoms with Crippen LogP contribution in [0.2, 0.25) is 0 Å². The summed E-state index contributed by atoms with van der Waals surface area (Å²) in [4.78, 5) is 20.8. The minimum absolute atomic E-state index is 0.0621. The molecule has 0 radical (unpaired) electrons. The van der Waals surface area contributed by atoms with E-state index in [-0.39, 0.29) is 11.0 Å². The molecule has 2 aromatic rings. The van der Waals surface area contributed by atoms with Crippen molar-refractivity contribution in [1.82, 2.24) is 14.5 Å². The Hall–Kier alpha value is -1.75. The second-order valence-corrected chi connectivity index (χ2v) is 5.34. The number of methoxy groups -OCH3 is 1. The lowest BCUT2D eigenvalue weighted by atomic mass is 9.69. The third-order valence-electron chi connectivity index (χ3n) is 3.96. The van der Waals surface area contributed by atoms with Crippen molar-refractivity contribution in [2.24, 2.45) is 5.41 Å². The van der Waals surface area contributed by atoms with Gasteiger partial charge in [-0.25, -0.2) is 9.97 Å². The maximum absolute atomic E-state index is 12.4. The van der Waals surface area contributed by atoms with Crippen molar-refractivity contribution < 1.29 is 4.74 Å². The van der Waals surface area contributed by atoms with Crippen LogP contribution in [0.15, 0.2) is 29.5 Å². The first-order valence-corrected chi connectivity index (χ1v) is 6.53. The Morgan fingerprint density at radius 1 is 1.42 bits per heavy atom. The number of aromatic nitrogens is 3. The molecule has 1 aliphatic rings. The summed E-state index contributed by atoms with van der Waals surface area (Å²) >= 11 is 0. The molecule has 2 aromatic heterocycles. The summed E-state index contributed by atoms with van der Waals surface area (Å²) in [5, 5.41) is 0. The van der Waals surface area contributed by atoms with E-state index in [1.54, 1.807) is 30.3 Å². The van der Waals surface area contributed by atoms with Gasteiger partial charge in [-0.1, -0.05) is 6.42 Å². The van der Waals surface area contributed by atoms with Gasteiger partial charge in [0.15, 0.2) is 5.52 Å². The van der Waals surface area contributed by atoms with Gasteiger partial charge < -0.3 is 4.74 Å². The van der Waals surface area contributed by atoms with Gasteiger partial charge >= 0.3 is 0 Å². The van der Waals surface area contributed by atoms with Gasteiger partial charge in [-0.15, -0.1) is 0 Å². The molecule has 0 bridgehead atoms. The van der Waals surface area contributed by atoms with Crippen molar-refractivity contribution in [1.29, 1.82) is 0 Å². The summed E-state index contributed by atoms with van der Waals surface area (Å²) < 4.78 is 6.97. The molecule has 1 saturated carbocycles. The highest BCUT2D eigenvalue weighted by Crippen LogP contribution is 2.42. The zero-order valence-corrected chi connectivity index (χ0v) is 11.0. The van der Waals surface area contributed by atoms with E-state index in [4.69, 9.17) is 4.74 Å². The number of ether oxygens (including phenoxy) is 1. The van der Waals surface area contributed by atoms with Gasteiger partial charge in [0.25, 0.3) is 5.56 Å². The highest BCUT2D eigenvalue weighted by molar-refractivity contribution is 5.71. The van der Waals surface area contributed by atoms with E-state index in [1.807, 2.05) is 6.07 Å². The zero-order valence-electron chi connectivity index (χ0n) is 11.0. The lowest BCUT2D eigenvalue weighted by molar-refractivity contribution is 0.00253. The van der Waals surface area contributed by atoms with Crippen LogP contribution in [0.4, 0.5) is 0 Å². The molecule has 0 aromatic carbocycles. The Labute approximate surface area is 111 Å². The summed E-state index contributed by atoms with van der Waals surface area (Å²) in [6, 6.07) is 3.60. The molecule has 2 heterocycles. The average molecular weight is 259 g/mol. The Morgan fingerprint density at radius 3 is 2.95 bits per heavy atom. The van der Waals surface area contributed by atoms with Crippen molar-refractivity contribution in [3.05, 3.63) is 35.0 Å². The van der Waals surface area contributed by atoms with Crippen molar-refractivity contribution in [2.45, 2.75) is 25.8 Å². The fourth-order valence-corrected chi connectivity index (χ4v) is 2.79. The predicted octanol–water partition coefficient (Wildman–Crippen LogP) is 1.61. The van der Waals surface area contributed by atoms with Crippen LogP contribution in [-0.4, -0.2) is 28.3 Å². The third-order valence-corrected chi connectivity index (χ3v) is 3.96. The molecule has 100 valence electrons. The molecule has 0 spiro atoms. The van der Waals surface area contributed by atoms with Gasteiger partial charge in [-0.3, -0.25) is 9.36 Å². The molecule has 0 saturated heterocycles. The third kappa shape index (κ3) is 2.14. The Kier molecular flexibility index (Phi) is 3.06. The number of hydrogen-bond acceptors (Lipinski definition) is 4. The van der Waals surface area contributed by atoms with Gasteiger partial charge in [0.1, 0.15) is 0 Å². The number of nitrogens with zero attached hydrogens (tertiary/aromatic N) is 3. The van der Waals surface area contributed by atoms with Crippen LogP contribution in [0.1, 0.15) is 19.3 Å². The lowest BCUT2D eigenvalue weighted by Crippen LogP contribution is -2.41.